The Balaban J connectivity index is 2.42. The molecule has 0 aliphatic carbocycles. The summed E-state index contributed by atoms with van der Waals surface area (Å²) in [5.74, 6) is 1.32. The first kappa shape index (κ1) is 23.7. The SMILES string of the molecule is CCCCC(C)(CC)CSc1cc(OC)c(Br)cc1N(C=O)c1ccc(F)cc1. The third-order valence-corrected chi connectivity index (χ3v) is 7.37. The smallest absolute Gasteiger partial charge is 0.218 e. The number of methoxy groups -OCH3 is 1. The number of thioether (sulfide) groups is 1. The van der Waals surface area contributed by atoms with Crippen LogP contribution >= 0.6 is 27.7 Å². The van der Waals surface area contributed by atoms with Gasteiger partial charge in [0.1, 0.15) is 11.6 Å². The number of carbonyl (C=O) groups is 1. The van der Waals surface area contributed by atoms with Crippen molar-refractivity contribution < 1.29 is 13.9 Å². The lowest BCUT2D eigenvalue weighted by atomic mass is 9.84. The van der Waals surface area contributed by atoms with Crippen LogP contribution in [-0.2, 0) is 4.79 Å². The van der Waals surface area contributed by atoms with E-state index in [2.05, 4.69) is 36.7 Å². The second-order valence-corrected chi connectivity index (χ2v) is 9.33. The Morgan fingerprint density at radius 1 is 1.24 bits per heavy atom. The van der Waals surface area contributed by atoms with Crippen molar-refractivity contribution in [3.63, 3.8) is 0 Å². The molecule has 1 amide bonds. The predicted molar refractivity (Wildman–Crippen MR) is 124 cm³/mol. The Morgan fingerprint density at radius 2 is 1.93 bits per heavy atom. The second kappa shape index (κ2) is 11.0. The molecule has 3 nitrogen and oxygen atoms in total. The van der Waals surface area contributed by atoms with E-state index in [1.54, 1.807) is 35.9 Å². The number of rotatable bonds is 11. The maximum atomic E-state index is 13.4. The average molecular weight is 482 g/mol. The zero-order valence-electron chi connectivity index (χ0n) is 17.5. The van der Waals surface area contributed by atoms with E-state index in [0.29, 0.717) is 11.4 Å². The topological polar surface area (TPSA) is 29.5 Å². The van der Waals surface area contributed by atoms with E-state index in [1.807, 2.05) is 12.1 Å². The van der Waals surface area contributed by atoms with Crippen molar-refractivity contribution in [3.05, 3.63) is 46.7 Å². The normalized spacial score (nSPS) is 13.0. The van der Waals surface area contributed by atoms with Crippen LogP contribution in [0.3, 0.4) is 0 Å². The summed E-state index contributed by atoms with van der Waals surface area (Å²) in [4.78, 5) is 14.5. The van der Waals surface area contributed by atoms with Gasteiger partial charge in [-0.3, -0.25) is 9.69 Å². The van der Waals surface area contributed by atoms with Gasteiger partial charge in [-0.15, -0.1) is 11.8 Å². The molecule has 2 aromatic carbocycles. The van der Waals surface area contributed by atoms with E-state index in [-0.39, 0.29) is 11.2 Å². The maximum absolute atomic E-state index is 13.4. The summed E-state index contributed by atoms with van der Waals surface area (Å²) in [5.41, 5.74) is 1.59. The molecule has 0 saturated heterocycles. The van der Waals surface area contributed by atoms with Crippen molar-refractivity contribution in [2.24, 2.45) is 5.41 Å². The maximum Gasteiger partial charge on any atom is 0.218 e. The van der Waals surface area contributed by atoms with E-state index < -0.39 is 0 Å². The Hall–Kier alpha value is -1.53. The van der Waals surface area contributed by atoms with E-state index in [1.165, 1.54) is 31.4 Å². The quantitative estimate of drug-likeness (QED) is 0.244. The summed E-state index contributed by atoms with van der Waals surface area (Å²) in [7, 11) is 1.63. The highest BCUT2D eigenvalue weighted by Crippen LogP contribution is 2.43. The van der Waals surface area contributed by atoms with Crippen LogP contribution < -0.4 is 9.64 Å². The number of anilines is 2. The molecule has 0 bridgehead atoms. The number of carbonyl (C=O) groups excluding carboxylic acids is 1. The summed E-state index contributed by atoms with van der Waals surface area (Å²) >= 11 is 5.26. The van der Waals surface area contributed by atoms with Gasteiger partial charge in [0.15, 0.2) is 0 Å². The van der Waals surface area contributed by atoms with Crippen LogP contribution in [0, 0.1) is 11.2 Å². The van der Waals surface area contributed by atoms with Crippen LogP contribution in [0.15, 0.2) is 45.8 Å². The van der Waals surface area contributed by atoms with E-state index in [9.17, 15) is 9.18 Å². The highest BCUT2D eigenvalue weighted by atomic mass is 79.9. The molecule has 0 aliphatic rings. The fraction of sp³-hybridized carbons (Fsp3) is 0.435. The minimum Gasteiger partial charge on any atom is -0.496 e. The first-order chi connectivity index (χ1) is 13.9. The fourth-order valence-corrected chi connectivity index (χ4v) is 4.89. The van der Waals surface area contributed by atoms with Gasteiger partial charge in [0.2, 0.25) is 6.41 Å². The number of unbranched alkanes of at least 4 members (excludes halogenated alkanes) is 1. The van der Waals surface area contributed by atoms with Crippen LogP contribution in [0.4, 0.5) is 15.8 Å². The van der Waals surface area contributed by atoms with E-state index in [4.69, 9.17) is 4.74 Å². The molecule has 2 aromatic rings. The molecule has 1 atom stereocenters. The zero-order valence-corrected chi connectivity index (χ0v) is 19.9. The van der Waals surface area contributed by atoms with Crippen molar-refractivity contribution in [1.82, 2.24) is 0 Å². The average Bonchev–Trinajstić information content (AvgIpc) is 2.73. The number of hydrogen-bond acceptors (Lipinski definition) is 3. The molecule has 6 heteroatoms. The van der Waals surface area contributed by atoms with Gasteiger partial charge in [0.05, 0.1) is 17.3 Å². The molecule has 0 N–H and O–H groups in total. The third kappa shape index (κ3) is 6.22. The Bertz CT molecular complexity index is 815. The molecule has 0 heterocycles. The van der Waals surface area contributed by atoms with Crippen molar-refractivity contribution in [2.75, 3.05) is 17.8 Å². The van der Waals surface area contributed by atoms with Crippen LogP contribution in [-0.4, -0.2) is 19.3 Å². The minimum absolute atomic E-state index is 0.222. The number of halogens is 2. The molecule has 29 heavy (non-hydrogen) atoms. The van der Waals surface area contributed by atoms with Crippen molar-refractivity contribution >= 4 is 45.5 Å². The summed E-state index contributed by atoms with van der Waals surface area (Å²) in [6, 6.07) is 9.77. The number of benzene rings is 2. The molecular weight excluding hydrogens is 453 g/mol. The van der Waals surface area contributed by atoms with Crippen LogP contribution in [0.25, 0.3) is 0 Å². The number of hydrogen-bond donors (Lipinski definition) is 0. The second-order valence-electron chi connectivity index (χ2n) is 7.46. The van der Waals surface area contributed by atoms with Crippen LogP contribution in [0.1, 0.15) is 46.5 Å². The molecule has 0 aromatic heterocycles. The van der Waals surface area contributed by atoms with Gasteiger partial charge >= 0.3 is 0 Å². The van der Waals surface area contributed by atoms with E-state index in [0.717, 1.165) is 33.6 Å². The number of amides is 1. The summed E-state index contributed by atoms with van der Waals surface area (Å²) < 4.78 is 19.6. The number of ether oxygens (including phenoxy) is 1. The predicted octanol–water partition coefficient (Wildman–Crippen LogP) is 7.59. The number of nitrogens with zero attached hydrogens (tertiary/aromatic N) is 1. The molecule has 0 radical (unpaired) electrons. The highest BCUT2D eigenvalue weighted by molar-refractivity contribution is 9.10. The summed E-state index contributed by atoms with van der Waals surface area (Å²) in [6.45, 7) is 6.77. The lowest BCUT2D eigenvalue weighted by molar-refractivity contribution is -0.106. The van der Waals surface area contributed by atoms with Gasteiger partial charge in [0.25, 0.3) is 0 Å². The van der Waals surface area contributed by atoms with Gasteiger partial charge < -0.3 is 4.74 Å². The zero-order chi connectivity index (χ0) is 21.4. The molecule has 0 aliphatic heterocycles. The van der Waals surface area contributed by atoms with Crippen LogP contribution in [0.5, 0.6) is 5.75 Å². The monoisotopic (exact) mass is 481 g/mol. The Morgan fingerprint density at radius 3 is 2.48 bits per heavy atom. The molecule has 2 rings (SSSR count). The fourth-order valence-electron chi connectivity index (χ4n) is 3.05. The van der Waals surface area contributed by atoms with Crippen molar-refractivity contribution in [3.8, 4) is 5.75 Å². The standard InChI is InChI=1S/C23H29BrFNO2S/c1-5-7-12-23(3,6-2)15-29-22-14-21(28-4)19(24)13-20(22)26(16-27)18-10-8-17(25)9-11-18/h8-11,13-14,16H,5-7,12,15H2,1-4H3. The van der Waals surface area contributed by atoms with Crippen molar-refractivity contribution in [2.45, 2.75) is 51.3 Å². The minimum atomic E-state index is -0.334. The summed E-state index contributed by atoms with van der Waals surface area (Å²) in [6.07, 6.45) is 5.42. The van der Waals surface area contributed by atoms with Crippen molar-refractivity contribution in [1.29, 1.82) is 0 Å². The van der Waals surface area contributed by atoms with Crippen LogP contribution in [0.2, 0.25) is 0 Å². The first-order valence-corrected chi connectivity index (χ1v) is 11.7. The molecule has 1 unspecified atom stereocenters. The Labute approximate surface area is 186 Å². The van der Waals surface area contributed by atoms with Gasteiger partial charge in [-0.05, 0) is 70.6 Å². The lowest BCUT2D eigenvalue weighted by Crippen LogP contribution is -2.19. The third-order valence-electron chi connectivity index (χ3n) is 5.27. The largest absolute Gasteiger partial charge is 0.496 e. The highest BCUT2D eigenvalue weighted by Gasteiger charge is 2.24. The molecule has 0 spiro atoms. The molecule has 0 saturated carbocycles. The van der Waals surface area contributed by atoms with Gasteiger partial charge in [-0.25, -0.2) is 4.39 Å². The Kier molecular flexibility index (Phi) is 9.03. The first-order valence-electron chi connectivity index (χ1n) is 9.88. The molecular formula is C23H29BrFNO2S. The lowest BCUT2D eigenvalue weighted by Gasteiger charge is -2.29. The summed E-state index contributed by atoms with van der Waals surface area (Å²) in [5, 5.41) is 0. The molecule has 0 fully saturated rings. The van der Waals surface area contributed by atoms with Gasteiger partial charge in [0, 0.05) is 16.3 Å². The molecule has 158 valence electrons. The van der Waals surface area contributed by atoms with E-state index >= 15 is 0 Å². The van der Waals surface area contributed by atoms with Gasteiger partial charge in [-0.1, -0.05) is 33.6 Å². The van der Waals surface area contributed by atoms with Gasteiger partial charge in [-0.2, -0.15) is 0 Å².